The molecule has 0 heterocycles. The first-order valence-corrected chi connectivity index (χ1v) is 10.1. The van der Waals surface area contributed by atoms with Crippen LogP contribution in [0.15, 0.2) is 48.5 Å². The number of halogens is 6. The van der Waals surface area contributed by atoms with E-state index in [0.717, 1.165) is 24.3 Å². The van der Waals surface area contributed by atoms with Crippen molar-refractivity contribution < 1.29 is 45.4 Å². The van der Waals surface area contributed by atoms with Gasteiger partial charge in [-0.15, -0.1) is 0 Å². The standard InChI is InChI=1S/C23H22F6O4/c1-3-13-32-19(30)15-5-9-17(10-6-15)21(22(24,25)26,23(27,28)29)18-11-7-16(8-12-18)20(31)33-14-4-2/h5-12H,3-4,13-14H2,1-2H3. The molecule has 10 heteroatoms. The normalized spacial score (nSPS) is 12.4. The third kappa shape index (κ3) is 5.31. The van der Waals surface area contributed by atoms with Gasteiger partial charge in [-0.2, -0.15) is 26.3 Å². The smallest absolute Gasteiger partial charge is 0.411 e. The van der Waals surface area contributed by atoms with Crippen LogP contribution in [0.3, 0.4) is 0 Å². The van der Waals surface area contributed by atoms with Crippen LogP contribution in [0.1, 0.15) is 58.5 Å². The van der Waals surface area contributed by atoms with Crippen molar-refractivity contribution in [3.8, 4) is 0 Å². The molecule has 0 aliphatic rings. The Morgan fingerprint density at radius 3 is 1.18 bits per heavy atom. The maximum Gasteiger partial charge on any atom is 0.411 e. The van der Waals surface area contributed by atoms with Gasteiger partial charge in [-0.25, -0.2) is 9.59 Å². The Balaban J connectivity index is 2.60. The summed E-state index contributed by atoms with van der Waals surface area (Å²) in [6, 6.07) is 5.85. The third-order valence-electron chi connectivity index (χ3n) is 4.83. The third-order valence-corrected chi connectivity index (χ3v) is 4.83. The number of benzene rings is 2. The van der Waals surface area contributed by atoms with Crippen LogP contribution < -0.4 is 0 Å². The average Bonchev–Trinajstić information content (AvgIpc) is 2.75. The molecule has 0 aliphatic heterocycles. The summed E-state index contributed by atoms with van der Waals surface area (Å²) in [5.41, 5.74) is -7.01. The van der Waals surface area contributed by atoms with Gasteiger partial charge in [0.2, 0.25) is 5.41 Å². The molecule has 0 saturated heterocycles. The molecule has 33 heavy (non-hydrogen) atoms. The zero-order valence-corrected chi connectivity index (χ0v) is 17.8. The van der Waals surface area contributed by atoms with Gasteiger partial charge in [-0.1, -0.05) is 38.1 Å². The van der Waals surface area contributed by atoms with E-state index in [0.29, 0.717) is 37.1 Å². The number of esters is 2. The summed E-state index contributed by atoms with van der Waals surface area (Å²) < 4.78 is 94.9. The Bertz CT molecular complexity index is 867. The van der Waals surface area contributed by atoms with Crippen molar-refractivity contribution >= 4 is 11.9 Å². The molecule has 0 spiro atoms. The Morgan fingerprint density at radius 2 is 0.939 bits per heavy atom. The van der Waals surface area contributed by atoms with Crippen molar-refractivity contribution in [1.82, 2.24) is 0 Å². The van der Waals surface area contributed by atoms with Gasteiger partial charge in [0.1, 0.15) is 0 Å². The van der Waals surface area contributed by atoms with Gasteiger partial charge < -0.3 is 9.47 Å². The van der Waals surface area contributed by atoms with Gasteiger partial charge in [0.05, 0.1) is 24.3 Å². The minimum Gasteiger partial charge on any atom is -0.462 e. The molecule has 0 bridgehead atoms. The van der Waals surface area contributed by atoms with E-state index in [4.69, 9.17) is 9.47 Å². The zero-order valence-electron chi connectivity index (χ0n) is 17.8. The average molecular weight is 476 g/mol. The van der Waals surface area contributed by atoms with Gasteiger partial charge >= 0.3 is 24.3 Å². The number of hydrogen-bond donors (Lipinski definition) is 0. The summed E-state index contributed by atoms with van der Waals surface area (Å²) in [6.45, 7) is 3.57. The van der Waals surface area contributed by atoms with Crippen LogP contribution >= 0.6 is 0 Å². The SMILES string of the molecule is CCCOC(=O)c1ccc(C(c2ccc(C(=O)OCCC)cc2)(C(F)(F)F)C(F)(F)F)cc1. The summed E-state index contributed by atoms with van der Waals surface area (Å²) in [7, 11) is 0. The molecule has 0 aliphatic carbocycles. The minimum atomic E-state index is -5.79. The van der Waals surface area contributed by atoms with Crippen LogP contribution in [0.25, 0.3) is 0 Å². The fraction of sp³-hybridized carbons (Fsp3) is 0.391. The molecule has 0 saturated carbocycles. The largest absolute Gasteiger partial charge is 0.462 e. The summed E-state index contributed by atoms with van der Waals surface area (Å²) in [6.07, 6.45) is -10.6. The molecular formula is C23H22F6O4. The van der Waals surface area contributed by atoms with E-state index in [9.17, 15) is 35.9 Å². The number of carbonyl (C=O) groups excluding carboxylic acids is 2. The second kappa shape index (κ2) is 10.3. The predicted octanol–water partition coefficient (Wildman–Crippen LogP) is 6.23. The highest BCUT2D eigenvalue weighted by atomic mass is 19.4. The zero-order chi connectivity index (χ0) is 24.9. The Hall–Kier alpha value is -3.04. The maximum atomic E-state index is 14.2. The fourth-order valence-corrected chi connectivity index (χ4v) is 3.25. The maximum absolute atomic E-state index is 14.2. The predicted molar refractivity (Wildman–Crippen MR) is 107 cm³/mol. The summed E-state index contributed by atoms with van der Waals surface area (Å²) in [5.74, 6) is -1.72. The molecule has 0 radical (unpaired) electrons. The highest BCUT2D eigenvalue weighted by molar-refractivity contribution is 5.90. The highest BCUT2D eigenvalue weighted by Gasteiger charge is 2.72. The summed E-state index contributed by atoms with van der Waals surface area (Å²) in [5, 5.41) is 0. The number of alkyl halides is 6. The van der Waals surface area contributed by atoms with Gasteiger partial charge in [-0.3, -0.25) is 0 Å². The molecule has 4 nitrogen and oxygen atoms in total. The monoisotopic (exact) mass is 476 g/mol. The lowest BCUT2D eigenvalue weighted by atomic mass is 9.72. The molecule has 0 amide bonds. The molecular weight excluding hydrogens is 454 g/mol. The van der Waals surface area contributed by atoms with Gasteiger partial charge in [0, 0.05) is 0 Å². The topological polar surface area (TPSA) is 52.6 Å². The quantitative estimate of drug-likeness (QED) is 0.335. The molecule has 180 valence electrons. The number of rotatable bonds is 8. The lowest BCUT2D eigenvalue weighted by molar-refractivity contribution is -0.288. The van der Waals surface area contributed by atoms with E-state index in [1.807, 2.05) is 0 Å². The van der Waals surface area contributed by atoms with Crippen molar-refractivity contribution in [2.75, 3.05) is 13.2 Å². The van der Waals surface area contributed by atoms with Crippen molar-refractivity contribution in [2.45, 2.75) is 44.5 Å². The minimum absolute atomic E-state index is 0.0582. The lowest BCUT2D eigenvalue weighted by Gasteiger charge is -2.38. The Kier molecular flexibility index (Phi) is 8.16. The molecule has 0 atom stereocenters. The first kappa shape index (κ1) is 26.2. The van der Waals surface area contributed by atoms with Gasteiger partial charge in [0.15, 0.2) is 0 Å². The second-order valence-electron chi connectivity index (χ2n) is 7.17. The molecule has 0 fully saturated rings. The van der Waals surface area contributed by atoms with E-state index in [1.165, 1.54) is 0 Å². The van der Waals surface area contributed by atoms with E-state index in [-0.39, 0.29) is 24.3 Å². The van der Waals surface area contributed by atoms with Crippen LogP contribution in [0.2, 0.25) is 0 Å². The van der Waals surface area contributed by atoms with Crippen LogP contribution in [-0.2, 0) is 14.9 Å². The van der Waals surface area contributed by atoms with E-state index >= 15 is 0 Å². The lowest BCUT2D eigenvalue weighted by Crippen LogP contribution is -2.54. The van der Waals surface area contributed by atoms with Crippen molar-refractivity contribution in [1.29, 1.82) is 0 Å². The first-order valence-electron chi connectivity index (χ1n) is 10.1. The van der Waals surface area contributed by atoms with E-state index < -0.39 is 40.8 Å². The molecule has 2 aromatic carbocycles. The van der Waals surface area contributed by atoms with Gasteiger partial charge in [-0.05, 0) is 48.2 Å². The number of hydrogen-bond acceptors (Lipinski definition) is 4. The van der Waals surface area contributed by atoms with Crippen LogP contribution in [-0.4, -0.2) is 37.5 Å². The summed E-state index contributed by atoms with van der Waals surface area (Å²) >= 11 is 0. The highest BCUT2D eigenvalue weighted by Crippen LogP contribution is 2.56. The molecule has 0 N–H and O–H groups in total. The fourth-order valence-electron chi connectivity index (χ4n) is 3.25. The number of carbonyl (C=O) groups is 2. The van der Waals surface area contributed by atoms with Crippen molar-refractivity contribution in [3.05, 3.63) is 70.8 Å². The van der Waals surface area contributed by atoms with Crippen LogP contribution in [0.4, 0.5) is 26.3 Å². The van der Waals surface area contributed by atoms with E-state index in [2.05, 4.69) is 0 Å². The van der Waals surface area contributed by atoms with Crippen molar-refractivity contribution in [2.24, 2.45) is 0 Å². The Labute approximate surface area is 186 Å². The molecule has 2 aromatic rings. The van der Waals surface area contributed by atoms with Crippen LogP contribution in [0, 0.1) is 0 Å². The van der Waals surface area contributed by atoms with E-state index in [1.54, 1.807) is 13.8 Å². The Morgan fingerprint density at radius 1 is 0.636 bits per heavy atom. The second-order valence-corrected chi connectivity index (χ2v) is 7.17. The van der Waals surface area contributed by atoms with Crippen molar-refractivity contribution in [3.63, 3.8) is 0 Å². The summed E-state index contributed by atoms with van der Waals surface area (Å²) in [4.78, 5) is 23.8. The first-order chi connectivity index (χ1) is 15.4. The molecule has 0 unspecified atom stereocenters. The molecule has 2 rings (SSSR count). The number of ether oxygens (including phenoxy) is 2. The molecule has 0 aromatic heterocycles. The van der Waals surface area contributed by atoms with Crippen LogP contribution in [0.5, 0.6) is 0 Å². The van der Waals surface area contributed by atoms with Gasteiger partial charge in [0.25, 0.3) is 0 Å².